The maximum Gasteiger partial charge on any atom is 0.162 e. The highest BCUT2D eigenvalue weighted by atomic mass is 16.7. The van der Waals surface area contributed by atoms with Crippen molar-refractivity contribution >= 4 is 0 Å². The van der Waals surface area contributed by atoms with Crippen LogP contribution in [0.1, 0.15) is 33.6 Å². The zero-order valence-electron chi connectivity index (χ0n) is 10.8. The third-order valence-electron chi connectivity index (χ3n) is 2.48. The van der Waals surface area contributed by atoms with Crippen LogP contribution >= 0.6 is 0 Å². The largest absolute Gasteiger partial charge is 0.356 e. The highest BCUT2D eigenvalue weighted by Crippen LogP contribution is 2.25. The Morgan fingerprint density at radius 1 is 1.31 bits per heavy atom. The fraction of sp³-hybridized carbons (Fsp3) is 1.00. The normalized spacial score (nSPS) is 23.2. The molecule has 0 aromatic carbocycles. The van der Waals surface area contributed by atoms with Crippen LogP contribution in [0.15, 0.2) is 0 Å². The van der Waals surface area contributed by atoms with Crippen LogP contribution in [0.5, 0.6) is 0 Å². The molecule has 1 heterocycles. The number of hydrogen-bond donors (Lipinski definition) is 0. The molecule has 0 aliphatic carbocycles. The van der Waals surface area contributed by atoms with Crippen LogP contribution in [0, 0.1) is 5.41 Å². The Kier molecular flexibility index (Phi) is 5.69. The van der Waals surface area contributed by atoms with Crippen molar-refractivity contribution in [1.82, 2.24) is 0 Å². The van der Waals surface area contributed by atoms with Gasteiger partial charge in [0.25, 0.3) is 0 Å². The van der Waals surface area contributed by atoms with Gasteiger partial charge in [-0.2, -0.15) is 0 Å². The Labute approximate surface area is 98.2 Å². The second kappa shape index (κ2) is 6.55. The van der Waals surface area contributed by atoms with Crippen LogP contribution < -0.4 is 0 Å². The van der Waals surface area contributed by atoms with Crippen LogP contribution in [0.25, 0.3) is 0 Å². The Bertz CT molecular complexity index is 183. The Hall–Kier alpha value is -0.160. The van der Waals surface area contributed by atoms with Gasteiger partial charge in [-0.25, -0.2) is 0 Å². The molecule has 0 radical (unpaired) electrons. The van der Waals surface area contributed by atoms with E-state index in [1.54, 1.807) is 7.11 Å². The number of ether oxygens (including phenoxy) is 4. The number of rotatable bonds is 6. The minimum Gasteiger partial charge on any atom is -0.356 e. The minimum atomic E-state index is -0.230. The standard InChI is InChI=1S/C12H24O4/c1-5-6-14-10(13-4)7-11-15-8-12(2,3)9-16-11/h10-11H,5-9H2,1-4H3. The van der Waals surface area contributed by atoms with E-state index in [2.05, 4.69) is 20.8 Å². The van der Waals surface area contributed by atoms with Crippen LogP contribution in [0.3, 0.4) is 0 Å². The smallest absolute Gasteiger partial charge is 0.162 e. The van der Waals surface area contributed by atoms with Crippen molar-refractivity contribution < 1.29 is 18.9 Å². The van der Waals surface area contributed by atoms with Gasteiger partial charge in [0.05, 0.1) is 13.2 Å². The summed E-state index contributed by atoms with van der Waals surface area (Å²) >= 11 is 0. The second-order valence-electron chi connectivity index (χ2n) is 4.99. The predicted octanol–water partition coefficient (Wildman–Crippen LogP) is 2.17. The van der Waals surface area contributed by atoms with Gasteiger partial charge < -0.3 is 18.9 Å². The summed E-state index contributed by atoms with van der Waals surface area (Å²) in [5.74, 6) is 0. The summed E-state index contributed by atoms with van der Waals surface area (Å²) in [5.41, 5.74) is 0.114. The van der Waals surface area contributed by atoms with E-state index < -0.39 is 0 Å². The summed E-state index contributed by atoms with van der Waals surface area (Å²) in [4.78, 5) is 0. The fourth-order valence-electron chi connectivity index (χ4n) is 1.50. The predicted molar refractivity (Wildman–Crippen MR) is 61.1 cm³/mol. The average Bonchev–Trinajstić information content (AvgIpc) is 2.26. The Morgan fingerprint density at radius 3 is 2.44 bits per heavy atom. The maximum atomic E-state index is 5.62. The zero-order chi connectivity index (χ0) is 12.0. The molecular formula is C12H24O4. The Morgan fingerprint density at radius 2 is 1.94 bits per heavy atom. The van der Waals surface area contributed by atoms with Crippen molar-refractivity contribution in [3.63, 3.8) is 0 Å². The molecule has 1 aliphatic rings. The minimum absolute atomic E-state index is 0.114. The second-order valence-corrected chi connectivity index (χ2v) is 4.99. The first-order valence-electron chi connectivity index (χ1n) is 5.95. The van der Waals surface area contributed by atoms with Crippen molar-refractivity contribution in [2.45, 2.75) is 46.2 Å². The topological polar surface area (TPSA) is 36.9 Å². The molecule has 0 spiro atoms. The first kappa shape index (κ1) is 13.9. The van der Waals surface area contributed by atoms with Gasteiger partial charge in [0, 0.05) is 25.6 Å². The van der Waals surface area contributed by atoms with Crippen LogP contribution in [0.2, 0.25) is 0 Å². The molecule has 1 atom stereocenters. The third kappa shape index (κ3) is 4.78. The highest BCUT2D eigenvalue weighted by Gasteiger charge is 2.29. The summed E-state index contributed by atoms with van der Waals surface area (Å²) in [6, 6.07) is 0. The van der Waals surface area contributed by atoms with Crippen LogP contribution in [0.4, 0.5) is 0 Å². The average molecular weight is 232 g/mol. The molecule has 0 saturated carbocycles. The number of methoxy groups -OCH3 is 1. The van der Waals surface area contributed by atoms with Gasteiger partial charge in [-0.05, 0) is 6.42 Å². The first-order chi connectivity index (χ1) is 7.57. The van der Waals surface area contributed by atoms with E-state index in [1.807, 2.05) is 0 Å². The third-order valence-corrected chi connectivity index (χ3v) is 2.48. The van der Waals surface area contributed by atoms with E-state index in [0.29, 0.717) is 13.0 Å². The molecule has 0 bridgehead atoms. The molecule has 1 saturated heterocycles. The van der Waals surface area contributed by atoms with E-state index >= 15 is 0 Å². The molecule has 4 nitrogen and oxygen atoms in total. The van der Waals surface area contributed by atoms with E-state index in [0.717, 1.165) is 19.6 Å². The van der Waals surface area contributed by atoms with E-state index in [4.69, 9.17) is 18.9 Å². The van der Waals surface area contributed by atoms with Gasteiger partial charge in [-0.3, -0.25) is 0 Å². The lowest BCUT2D eigenvalue weighted by Gasteiger charge is -2.35. The first-order valence-corrected chi connectivity index (χ1v) is 5.95. The summed E-state index contributed by atoms with van der Waals surface area (Å²) < 4.78 is 22.0. The summed E-state index contributed by atoms with van der Waals surface area (Å²) in [7, 11) is 1.65. The molecule has 4 heteroatoms. The van der Waals surface area contributed by atoms with Gasteiger partial charge in [-0.15, -0.1) is 0 Å². The quantitative estimate of drug-likeness (QED) is 0.658. The molecule has 16 heavy (non-hydrogen) atoms. The summed E-state index contributed by atoms with van der Waals surface area (Å²) in [6.45, 7) is 8.48. The molecular weight excluding hydrogens is 208 g/mol. The van der Waals surface area contributed by atoms with Crippen molar-refractivity contribution in [2.24, 2.45) is 5.41 Å². The van der Waals surface area contributed by atoms with Crippen molar-refractivity contribution in [3.8, 4) is 0 Å². The molecule has 1 rings (SSSR count). The molecule has 1 fully saturated rings. The Balaban J connectivity index is 2.25. The molecule has 1 aliphatic heterocycles. The highest BCUT2D eigenvalue weighted by molar-refractivity contribution is 4.71. The molecule has 0 amide bonds. The molecule has 0 N–H and O–H groups in total. The van der Waals surface area contributed by atoms with E-state index in [1.165, 1.54) is 0 Å². The van der Waals surface area contributed by atoms with Crippen molar-refractivity contribution in [1.29, 1.82) is 0 Å². The molecule has 0 aromatic rings. The van der Waals surface area contributed by atoms with Gasteiger partial charge in [-0.1, -0.05) is 20.8 Å². The maximum absolute atomic E-state index is 5.62. The zero-order valence-corrected chi connectivity index (χ0v) is 10.8. The monoisotopic (exact) mass is 232 g/mol. The van der Waals surface area contributed by atoms with Crippen LogP contribution in [-0.4, -0.2) is 39.5 Å². The SMILES string of the molecule is CCCOC(CC1OCC(C)(C)CO1)OC. The summed E-state index contributed by atoms with van der Waals surface area (Å²) in [6.07, 6.45) is 1.19. The van der Waals surface area contributed by atoms with Crippen molar-refractivity contribution in [3.05, 3.63) is 0 Å². The van der Waals surface area contributed by atoms with Crippen LogP contribution in [-0.2, 0) is 18.9 Å². The van der Waals surface area contributed by atoms with Gasteiger partial charge in [0.1, 0.15) is 0 Å². The number of hydrogen-bond acceptors (Lipinski definition) is 4. The van der Waals surface area contributed by atoms with E-state index in [9.17, 15) is 0 Å². The fourth-order valence-corrected chi connectivity index (χ4v) is 1.50. The lowest BCUT2D eigenvalue weighted by Crippen LogP contribution is -2.39. The van der Waals surface area contributed by atoms with E-state index in [-0.39, 0.29) is 18.0 Å². The molecule has 96 valence electrons. The van der Waals surface area contributed by atoms with Gasteiger partial charge in [0.2, 0.25) is 0 Å². The lowest BCUT2D eigenvalue weighted by atomic mass is 9.95. The summed E-state index contributed by atoms with van der Waals surface area (Å²) in [5, 5.41) is 0. The van der Waals surface area contributed by atoms with Crippen molar-refractivity contribution in [2.75, 3.05) is 26.9 Å². The van der Waals surface area contributed by atoms with Gasteiger partial charge in [0.15, 0.2) is 12.6 Å². The van der Waals surface area contributed by atoms with Gasteiger partial charge >= 0.3 is 0 Å². The lowest BCUT2D eigenvalue weighted by molar-refractivity contribution is -0.252. The molecule has 0 aromatic heterocycles. The molecule has 1 unspecified atom stereocenters.